The van der Waals surface area contributed by atoms with Gasteiger partial charge in [0, 0.05) is 5.56 Å². The predicted octanol–water partition coefficient (Wildman–Crippen LogP) is 2.86. The quantitative estimate of drug-likeness (QED) is 0.531. The molecule has 0 atom stereocenters. The van der Waals surface area contributed by atoms with Gasteiger partial charge in [0.05, 0.1) is 30.3 Å². The van der Waals surface area contributed by atoms with Crippen LogP contribution in [0.5, 0.6) is 11.5 Å². The molecular weight excluding hydrogens is 398 g/mol. The normalized spacial score (nSPS) is 15.2. The van der Waals surface area contributed by atoms with Crippen LogP contribution in [0.2, 0.25) is 0 Å². The van der Waals surface area contributed by atoms with Crippen LogP contribution in [0.15, 0.2) is 47.4 Å². The Balaban J connectivity index is 1.93. The number of methoxy groups -OCH3 is 1. The number of carboxylic acids is 1. The topological polar surface area (TPSA) is 78.9 Å². The average molecular weight is 414 g/mol. The molecule has 0 aliphatic carbocycles. The number of benzene rings is 2. The molecule has 0 N–H and O–H groups in total. The summed E-state index contributed by atoms with van der Waals surface area (Å²) in [6.07, 6.45) is 1.70. The smallest absolute Gasteiger partial charge is 0.270 e. The number of rotatable bonds is 6. The van der Waals surface area contributed by atoms with Crippen LogP contribution in [-0.4, -0.2) is 29.9 Å². The van der Waals surface area contributed by atoms with Crippen molar-refractivity contribution < 1.29 is 24.2 Å². The van der Waals surface area contributed by atoms with Gasteiger partial charge in [-0.15, -0.1) is 0 Å². The Morgan fingerprint density at radius 2 is 1.96 bits per heavy atom. The molecule has 6 nitrogen and oxygen atoms in total. The molecule has 0 spiro atoms. The van der Waals surface area contributed by atoms with Gasteiger partial charge in [-0.1, -0.05) is 48.2 Å². The van der Waals surface area contributed by atoms with Crippen LogP contribution in [0.1, 0.15) is 22.8 Å². The lowest BCUT2D eigenvalue weighted by Crippen LogP contribution is -2.28. The molecular formula is C20H16NO5S2-. The number of amides is 1. The molecule has 1 fully saturated rings. The van der Waals surface area contributed by atoms with E-state index < -0.39 is 5.97 Å². The third kappa shape index (κ3) is 3.88. The lowest BCUT2D eigenvalue weighted by Gasteiger charge is -2.15. The van der Waals surface area contributed by atoms with Gasteiger partial charge in [0.1, 0.15) is 0 Å². The zero-order valence-corrected chi connectivity index (χ0v) is 16.8. The first-order chi connectivity index (χ1) is 13.5. The van der Waals surface area contributed by atoms with Gasteiger partial charge in [0.2, 0.25) is 0 Å². The highest BCUT2D eigenvalue weighted by Crippen LogP contribution is 2.39. The lowest BCUT2D eigenvalue weighted by atomic mass is 10.1. The Morgan fingerprint density at radius 3 is 2.57 bits per heavy atom. The minimum atomic E-state index is -1.28. The zero-order valence-electron chi connectivity index (χ0n) is 15.1. The van der Waals surface area contributed by atoms with E-state index in [-0.39, 0.29) is 11.5 Å². The molecule has 3 rings (SSSR count). The van der Waals surface area contributed by atoms with E-state index in [0.29, 0.717) is 38.6 Å². The number of hydrogen-bond acceptors (Lipinski definition) is 7. The van der Waals surface area contributed by atoms with Crippen molar-refractivity contribution >= 4 is 51.9 Å². The number of nitrogens with zero attached hydrogens (tertiary/aromatic N) is 1. The van der Waals surface area contributed by atoms with Crippen molar-refractivity contribution in [2.24, 2.45) is 0 Å². The third-order valence-corrected chi connectivity index (χ3v) is 5.26. The van der Waals surface area contributed by atoms with E-state index in [1.807, 2.05) is 19.1 Å². The Bertz CT molecular complexity index is 969. The fourth-order valence-corrected chi connectivity index (χ4v) is 4.00. The molecule has 1 heterocycles. The van der Waals surface area contributed by atoms with Crippen molar-refractivity contribution in [1.82, 2.24) is 0 Å². The third-order valence-electron chi connectivity index (χ3n) is 3.95. The summed E-state index contributed by atoms with van der Waals surface area (Å²) in [5.41, 5.74) is 1.22. The van der Waals surface area contributed by atoms with E-state index in [4.69, 9.17) is 21.7 Å². The molecule has 1 amide bonds. The summed E-state index contributed by atoms with van der Waals surface area (Å²) >= 11 is 6.51. The number of thioether (sulfide) groups is 1. The molecule has 0 radical (unpaired) electrons. The fourth-order valence-electron chi connectivity index (χ4n) is 2.71. The van der Waals surface area contributed by atoms with E-state index in [2.05, 4.69) is 0 Å². The van der Waals surface area contributed by atoms with Gasteiger partial charge in [0.15, 0.2) is 15.8 Å². The number of anilines is 1. The SMILES string of the molecule is CCOc1cccc(/C=C2\SC(=S)N(c3ccc(C(=O)[O-])cc3)C2=O)c1OC. The highest BCUT2D eigenvalue weighted by molar-refractivity contribution is 8.27. The fraction of sp³-hybridized carbons (Fsp3) is 0.150. The van der Waals surface area contributed by atoms with Crippen molar-refractivity contribution in [3.8, 4) is 11.5 Å². The minimum absolute atomic E-state index is 0.0298. The Morgan fingerprint density at radius 1 is 1.25 bits per heavy atom. The van der Waals surface area contributed by atoms with Gasteiger partial charge in [-0.3, -0.25) is 9.69 Å². The number of hydrogen-bond donors (Lipinski definition) is 0. The number of carbonyl (C=O) groups is 2. The molecule has 144 valence electrons. The number of para-hydroxylation sites is 1. The van der Waals surface area contributed by atoms with Crippen molar-refractivity contribution in [2.75, 3.05) is 18.6 Å². The van der Waals surface area contributed by atoms with Crippen molar-refractivity contribution in [3.63, 3.8) is 0 Å². The summed E-state index contributed by atoms with van der Waals surface area (Å²) < 4.78 is 11.4. The summed E-state index contributed by atoms with van der Waals surface area (Å²) in [5.74, 6) is -0.446. The molecule has 0 saturated carbocycles. The highest BCUT2D eigenvalue weighted by Gasteiger charge is 2.33. The first-order valence-electron chi connectivity index (χ1n) is 8.35. The van der Waals surface area contributed by atoms with E-state index in [0.717, 1.165) is 11.8 Å². The molecule has 0 unspecified atom stereocenters. The van der Waals surface area contributed by atoms with Gasteiger partial charge in [-0.25, -0.2) is 0 Å². The molecule has 1 aliphatic rings. The van der Waals surface area contributed by atoms with Crippen LogP contribution in [0, 0.1) is 0 Å². The predicted molar refractivity (Wildman–Crippen MR) is 111 cm³/mol. The number of carboxylic acid groups (broad SMARTS) is 1. The van der Waals surface area contributed by atoms with Gasteiger partial charge in [-0.05, 0) is 36.8 Å². The van der Waals surface area contributed by atoms with Crippen LogP contribution in [0.3, 0.4) is 0 Å². The van der Waals surface area contributed by atoms with Crippen LogP contribution in [0.25, 0.3) is 6.08 Å². The maximum Gasteiger partial charge on any atom is 0.270 e. The number of ether oxygens (including phenoxy) is 2. The summed E-state index contributed by atoms with van der Waals surface area (Å²) in [4.78, 5) is 25.6. The van der Waals surface area contributed by atoms with E-state index in [9.17, 15) is 14.7 Å². The van der Waals surface area contributed by atoms with Crippen LogP contribution < -0.4 is 19.5 Å². The maximum atomic E-state index is 12.9. The Hall–Kier alpha value is -2.84. The first kappa shape index (κ1) is 19.9. The summed E-state index contributed by atoms with van der Waals surface area (Å²) in [7, 11) is 1.54. The van der Waals surface area contributed by atoms with Crippen LogP contribution in [0.4, 0.5) is 5.69 Å². The molecule has 2 aromatic carbocycles. The summed E-state index contributed by atoms with van der Waals surface area (Å²) in [6, 6.07) is 11.2. The Labute approximate surface area is 171 Å². The molecule has 0 bridgehead atoms. The summed E-state index contributed by atoms with van der Waals surface area (Å²) in [5, 5.41) is 10.9. The zero-order chi connectivity index (χ0) is 20.3. The molecule has 1 saturated heterocycles. The Kier molecular flexibility index (Phi) is 6.01. The van der Waals surface area contributed by atoms with E-state index in [1.54, 1.807) is 19.3 Å². The van der Waals surface area contributed by atoms with Crippen molar-refractivity contribution in [2.45, 2.75) is 6.92 Å². The molecule has 8 heteroatoms. The minimum Gasteiger partial charge on any atom is -0.545 e. The molecule has 2 aromatic rings. The second-order valence-corrected chi connectivity index (χ2v) is 7.34. The second-order valence-electron chi connectivity index (χ2n) is 5.66. The first-order valence-corrected chi connectivity index (χ1v) is 9.58. The van der Waals surface area contributed by atoms with Crippen LogP contribution >= 0.6 is 24.0 Å². The standard InChI is InChI=1S/C20H17NO5S2/c1-3-26-15-6-4-5-13(17(15)25-2)11-16-18(22)21(20(27)28-16)14-9-7-12(8-10-14)19(23)24/h4-11H,3H2,1-2H3,(H,23,24)/p-1/b16-11-. The number of aromatic carboxylic acids is 1. The summed E-state index contributed by atoms with van der Waals surface area (Å²) in [6.45, 7) is 2.37. The largest absolute Gasteiger partial charge is 0.545 e. The number of carbonyl (C=O) groups excluding carboxylic acids is 2. The highest BCUT2D eigenvalue weighted by atomic mass is 32.2. The second kappa shape index (κ2) is 8.45. The van der Waals surface area contributed by atoms with Gasteiger partial charge in [-0.2, -0.15) is 0 Å². The van der Waals surface area contributed by atoms with Gasteiger partial charge >= 0.3 is 0 Å². The molecule has 28 heavy (non-hydrogen) atoms. The number of thiocarbonyl (C=S) groups is 1. The van der Waals surface area contributed by atoms with Crippen LogP contribution in [-0.2, 0) is 4.79 Å². The maximum absolute atomic E-state index is 12.9. The van der Waals surface area contributed by atoms with Crippen molar-refractivity contribution in [1.29, 1.82) is 0 Å². The van der Waals surface area contributed by atoms with E-state index in [1.165, 1.54) is 29.2 Å². The lowest BCUT2D eigenvalue weighted by molar-refractivity contribution is -0.255. The molecule has 1 aliphatic heterocycles. The van der Waals surface area contributed by atoms with E-state index >= 15 is 0 Å². The van der Waals surface area contributed by atoms with Gasteiger partial charge < -0.3 is 19.4 Å². The van der Waals surface area contributed by atoms with Gasteiger partial charge in [0.25, 0.3) is 5.91 Å². The molecule has 0 aromatic heterocycles. The average Bonchev–Trinajstić information content (AvgIpc) is 2.95. The van der Waals surface area contributed by atoms with Crippen molar-refractivity contribution in [3.05, 3.63) is 58.5 Å². The monoisotopic (exact) mass is 414 g/mol.